The van der Waals surface area contributed by atoms with Gasteiger partial charge in [-0.2, -0.15) is 0 Å². The number of aliphatic hydroxyl groups excluding tert-OH is 1. The number of aromatic nitrogens is 2. The van der Waals surface area contributed by atoms with Crippen LogP contribution in [0.4, 0.5) is 0 Å². The lowest BCUT2D eigenvalue weighted by Crippen LogP contribution is -2.42. The molecular formula is C12H19N3O2. The number of amides is 1. The van der Waals surface area contributed by atoms with Crippen molar-refractivity contribution < 1.29 is 9.90 Å². The van der Waals surface area contributed by atoms with Crippen molar-refractivity contribution in [3.8, 4) is 0 Å². The molecule has 0 spiro atoms. The van der Waals surface area contributed by atoms with Crippen LogP contribution in [0.15, 0.2) is 18.7 Å². The number of likely N-dealkylation sites (tertiary alicyclic amines) is 1. The van der Waals surface area contributed by atoms with Crippen molar-refractivity contribution in [2.75, 3.05) is 13.1 Å². The Morgan fingerprint density at radius 2 is 2.41 bits per heavy atom. The van der Waals surface area contributed by atoms with Gasteiger partial charge in [-0.15, -0.1) is 0 Å². The standard InChI is InChI=1S/C12H19N3O2/c16-11-3-1-7-15(9-11)12(17)4-2-6-14-8-5-13-10-14/h5,8,10-11,16H,1-4,6-7,9H2. The molecule has 1 unspecified atom stereocenters. The molecular weight excluding hydrogens is 218 g/mol. The molecule has 1 aliphatic heterocycles. The lowest BCUT2D eigenvalue weighted by Gasteiger charge is -2.30. The van der Waals surface area contributed by atoms with E-state index in [0.717, 1.165) is 32.4 Å². The summed E-state index contributed by atoms with van der Waals surface area (Å²) in [5, 5.41) is 9.50. The fourth-order valence-electron chi connectivity index (χ4n) is 2.17. The second-order valence-corrected chi connectivity index (χ2v) is 4.54. The van der Waals surface area contributed by atoms with Crippen molar-refractivity contribution in [2.24, 2.45) is 0 Å². The van der Waals surface area contributed by atoms with Crippen molar-refractivity contribution in [1.29, 1.82) is 0 Å². The summed E-state index contributed by atoms with van der Waals surface area (Å²) in [6.07, 6.45) is 8.16. The molecule has 2 rings (SSSR count). The van der Waals surface area contributed by atoms with Crippen LogP contribution in [0, 0.1) is 0 Å². The highest BCUT2D eigenvalue weighted by atomic mass is 16.3. The van der Waals surface area contributed by atoms with Gasteiger partial charge in [0.05, 0.1) is 12.4 Å². The van der Waals surface area contributed by atoms with E-state index < -0.39 is 0 Å². The molecule has 2 heterocycles. The maximum atomic E-state index is 11.9. The molecule has 0 bridgehead atoms. The van der Waals surface area contributed by atoms with Crippen LogP contribution in [0.2, 0.25) is 0 Å². The minimum absolute atomic E-state index is 0.156. The van der Waals surface area contributed by atoms with Gasteiger partial charge in [0.1, 0.15) is 0 Å². The van der Waals surface area contributed by atoms with Gasteiger partial charge in [-0.05, 0) is 19.3 Å². The monoisotopic (exact) mass is 237 g/mol. The Kier molecular flexibility index (Phi) is 4.14. The van der Waals surface area contributed by atoms with Crippen LogP contribution in [0.3, 0.4) is 0 Å². The first kappa shape index (κ1) is 12.1. The first-order valence-corrected chi connectivity index (χ1v) is 6.17. The lowest BCUT2D eigenvalue weighted by molar-refractivity contribution is -0.134. The Labute approximate surface area is 101 Å². The normalized spacial score (nSPS) is 20.5. The Bertz CT molecular complexity index is 351. The third-order valence-electron chi connectivity index (χ3n) is 3.12. The van der Waals surface area contributed by atoms with Gasteiger partial charge in [0.15, 0.2) is 0 Å². The molecule has 17 heavy (non-hydrogen) atoms. The summed E-state index contributed by atoms with van der Waals surface area (Å²) < 4.78 is 1.97. The number of hydrogen-bond acceptors (Lipinski definition) is 3. The first-order valence-electron chi connectivity index (χ1n) is 6.17. The largest absolute Gasteiger partial charge is 0.391 e. The molecule has 5 nitrogen and oxygen atoms in total. The van der Waals surface area contributed by atoms with Gasteiger partial charge in [0, 0.05) is 38.4 Å². The van der Waals surface area contributed by atoms with E-state index in [1.807, 2.05) is 10.8 Å². The summed E-state index contributed by atoms with van der Waals surface area (Å²) in [6.45, 7) is 2.12. The van der Waals surface area contributed by atoms with Gasteiger partial charge >= 0.3 is 0 Å². The highest BCUT2D eigenvalue weighted by Crippen LogP contribution is 2.11. The third kappa shape index (κ3) is 3.56. The smallest absolute Gasteiger partial charge is 0.222 e. The number of imidazole rings is 1. The number of rotatable bonds is 4. The van der Waals surface area contributed by atoms with Gasteiger partial charge < -0.3 is 14.6 Å². The number of carbonyl (C=O) groups is 1. The number of aryl methyl sites for hydroxylation is 1. The molecule has 1 fully saturated rings. The van der Waals surface area contributed by atoms with E-state index in [2.05, 4.69) is 4.98 Å². The number of hydrogen-bond donors (Lipinski definition) is 1. The molecule has 5 heteroatoms. The van der Waals surface area contributed by atoms with E-state index in [-0.39, 0.29) is 12.0 Å². The number of β-amino-alcohol motifs (C(OH)–C–C–N with tert-alkyl or cyclic N) is 1. The average molecular weight is 237 g/mol. The van der Waals surface area contributed by atoms with Crippen LogP contribution < -0.4 is 0 Å². The van der Waals surface area contributed by atoms with Crippen molar-refractivity contribution >= 4 is 5.91 Å². The summed E-state index contributed by atoms with van der Waals surface area (Å²) in [6, 6.07) is 0. The van der Waals surface area contributed by atoms with E-state index in [9.17, 15) is 9.90 Å². The Hall–Kier alpha value is -1.36. The van der Waals surface area contributed by atoms with Crippen LogP contribution in [-0.2, 0) is 11.3 Å². The minimum Gasteiger partial charge on any atom is -0.391 e. The fourth-order valence-corrected chi connectivity index (χ4v) is 2.17. The van der Waals surface area contributed by atoms with Crippen LogP contribution in [0.25, 0.3) is 0 Å². The highest BCUT2D eigenvalue weighted by molar-refractivity contribution is 5.76. The molecule has 1 saturated heterocycles. The Morgan fingerprint density at radius 3 is 3.12 bits per heavy atom. The number of piperidine rings is 1. The highest BCUT2D eigenvalue weighted by Gasteiger charge is 2.21. The zero-order valence-electron chi connectivity index (χ0n) is 9.96. The molecule has 1 aromatic rings. The molecule has 1 aliphatic rings. The SMILES string of the molecule is O=C(CCCn1ccnc1)N1CCCC(O)C1. The molecule has 1 atom stereocenters. The summed E-state index contributed by atoms with van der Waals surface area (Å²) in [7, 11) is 0. The molecule has 0 radical (unpaired) electrons. The zero-order valence-corrected chi connectivity index (χ0v) is 9.96. The summed E-state index contributed by atoms with van der Waals surface area (Å²) in [5.41, 5.74) is 0. The van der Waals surface area contributed by atoms with Crippen molar-refractivity contribution in [1.82, 2.24) is 14.5 Å². The average Bonchev–Trinajstić information content (AvgIpc) is 2.82. The summed E-state index contributed by atoms with van der Waals surface area (Å²) in [5.74, 6) is 0.156. The van der Waals surface area contributed by atoms with Crippen molar-refractivity contribution in [3.63, 3.8) is 0 Å². The van der Waals surface area contributed by atoms with Gasteiger partial charge in [0.2, 0.25) is 5.91 Å². The molecule has 0 aliphatic carbocycles. The number of carbonyl (C=O) groups excluding carboxylic acids is 1. The fraction of sp³-hybridized carbons (Fsp3) is 0.667. The van der Waals surface area contributed by atoms with Gasteiger partial charge in [-0.3, -0.25) is 4.79 Å². The third-order valence-corrected chi connectivity index (χ3v) is 3.12. The predicted molar refractivity (Wildman–Crippen MR) is 63.3 cm³/mol. The minimum atomic E-state index is -0.332. The predicted octanol–water partition coefficient (Wildman–Crippen LogP) is 0.647. The molecule has 1 amide bonds. The van der Waals surface area contributed by atoms with Crippen LogP contribution in [0.5, 0.6) is 0 Å². The van der Waals surface area contributed by atoms with E-state index in [1.54, 1.807) is 17.4 Å². The second kappa shape index (κ2) is 5.82. The second-order valence-electron chi connectivity index (χ2n) is 4.54. The van der Waals surface area contributed by atoms with Crippen LogP contribution >= 0.6 is 0 Å². The number of aliphatic hydroxyl groups is 1. The van der Waals surface area contributed by atoms with Crippen molar-refractivity contribution in [2.45, 2.75) is 38.3 Å². The van der Waals surface area contributed by atoms with E-state index in [4.69, 9.17) is 0 Å². The first-order chi connectivity index (χ1) is 8.25. The summed E-state index contributed by atoms with van der Waals surface area (Å²) >= 11 is 0. The quantitative estimate of drug-likeness (QED) is 0.836. The van der Waals surface area contributed by atoms with Crippen molar-refractivity contribution in [3.05, 3.63) is 18.7 Å². The number of nitrogens with zero attached hydrogens (tertiary/aromatic N) is 3. The molecule has 94 valence electrons. The maximum Gasteiger partial charge on any atom is 0.222 e. The molecule has 1 aromatic heterocycles. The molecule has 0 aromatic carbocycles. The molecule has 0 saturated carbocycles. The van der Waals surface area contributed by atoms with Gasteiger partial charge in [0.25, 0.3) is 0 Å². The van der Waals surface area contributed by atoms with Crippen LogP contribution in [-0.4, -0.2) is 44.7 Å². The maximum absolute atomic E-state index is 11.9. The van der Waals surface area contributed by atoms with E-state index in [0.29, 0.717) is 13.0 Å². The van der Waals surface area contributed by atoms with Crippen LogP contribution in [0.1, 0.15) is 25.7 Å². The zero-order chi connectivity index (χ0) is 12.1. The van der Waals surface area contributed by atoms with Gasteiger partial charge in [-0.1, -0.05) is 0 Å². The van der Waals surface area contributed by atoms with E-state index in [1.165, 1.54) is 0 Å². The summed E-state index contributed by atoms with van der Waals surface area (Å²) in [4.78, 5) is 17.6. The molecule has 1 N–H and O–H groups in total. The van der Waals surface area contributed by atoms with E-state index >= 15 is 0 Å². The Morgan fingerprint density at radius 1 is 1.53 bits per heavy atom. The van der Waals surface area contributed by atoms with Gasteiger partial charge in [-0.25, -0.2) is 4.98 Å². The topological polar surface area (TPSA) is 58.4 Å². The Balaban J connectivity index is 1.70. The lowest BCUT2D eigenvalue weighted by atomic mass is 10.1.